The van der Waals surface area contributed by atoms with Gasteiger partial charge in [-0.3, -0.25) is 9.59 Å². The first-order valence-electron chi connectivity index (χ1n) is 6.78. The van der Waals surface area contributed by atoms with Gasteiger partial charge in [-0.15, -0.1) is 0 Å². The van der Waals surface area contributed by atoms with Crippen molar-refractivity contribution < 1.29 is 9.59 Å². The van der Waals surface area contributed by atoms with Gasteiger partial charge < -0.3 is 16.4 Å². The van der Waals surface area contributed by atoms with Crippen molar-refractivity contribution >= 4 is 11.8 Å². The van der Waals surface area contributed by atoms with Gasteiger partial charge in [-0.05, 0) is 30.0 Å². The molecule has 0 aliphatic heterocycles. The molecule has 0 spiro atoms. The van der Waals surface area contributed by atoms with Crippen LogP contribution in [0.25, 0.3) is 0 Å². The molecular weight excluding hydrogens is 254 g/mol. The van der Waals surface area contributed by atoms with Gasteiger partial charge in [0.05, 0.1) is 6.04 Å². The van der Waals surface area contributed by atoms with Crippen LogP contribution < -0.4 is 16.4 Å². The molecule has 0 aliphatic rings. The highest BCUT2D eigenvalue weighted by molar-refractivity contribution is 5.94. The van der Waals surface area contributed by atoms with E-state index in [9.17, 15) is 9.59 Å². The number of carbonyl (C=O) groups is 2. The number of nitrogens with one attached hydrogen (secondary N) is 2. The fourth-order valence-corrected chi connectivity index (χ4v) is 1.90. The van der Waals surface area contributed by atoms with Crippen molar-refractivity contribution in [1.29, 1.82) is 0 Å². The second-order valence-electron chi connectivity index (χ2n) is 5.23. The van der Waals surface area contributed by atoms with Crippen LogP contribution in [0, 0.1) is 5.92 Å². The molecule has 5 nitrogen and oxygen atoms in total. The average Bonchev–Trinajstić information content (AvgIpc) is 2.43. The first kappa shape index (κ1) is 16.2. The standard InChI is InChI=1S/C15H23N3O2/c1-10(2)7-13(16)15(20)18-9-11-5-4-6-12(8-11)14(19)17-3/h4-6,8,10,13H,7,9,16H2,1-3H3,(H,17,19)(H,18,20)/t13-/m0/s1. The number of amides is 2. The van der Waals surface area contributed by atoms with E-state index in [-0.39, 0.29) is 11.8 Å². The first-order chi connectivity index (χ1) is 9.43. The Morgan fingerprint density at radius 3 is 2.60 bits per heavy atom. The molecule has 1 aromatic carbocycles. The Balaban J connectivity index is 2.57. The second-order valence-corrected chi connectivity index (χ2v) is 5.23. The minimum atomic E-state index is -0.489. The summed E-state index contributed by atoms with van der Waals surface area (Å²) in [7, 11) is 1.59. The van der Waals surface area contributed by atoms with Crippen molar-refractivity contribution in [1.82, 2.24) is 10.6 Å². The third-order valence-electron chi connectivity index (χ3n) is 2.95. The summed E-state index contributed by atoms with van der Waals surface area (Å²) in [5.74, 6) is 0.0751. The zero-order valence-corrected chi connectivity index (χ0v) is 12.3. The van der Waals surface area contributed by atoms with E-state index in [4.69, 9.17) is 5.73 Å². The highest BCUT2D eigenvalue weighted by atomic mass is 16.2. The lowest BCUT2D eigenvalue weighted by Gasteiger charge is -2.14. The van der Waals surface area contributed by atoms with E-state index in [0.717, 1.165) is 5.56 Å². The van der Waals surface area contributed by atoms with Crippen molar-refractivity contribution in [3.63, 3.8) is 0 Å². The predicted molar refractivity (Wildman–Crippen MR) is 79.1 cm³/mol. The number of carbonyl (C=O) groups excluding carboxylic acids is 2. The molecule has 1 aromatic rings. The van der Waals surface area contributed by atoms with Gasteiger partial charge in [0.2, 0.25) is 5.91 Å². The fraction of sp³-hybridized carbons (Fsp3) is 0.467. The molecule has 0 saturated heterocycles. The summed E-state index contributed by atoms with van der Waals surface area (Å²) in [5.41, 5.74) is 7.25. The van der Waals surface area contributed by atoms with Gasteiger partial charge in [0, 0.05) is 19.2 Å². The molecule has 5 heteroatoms. The molecule has 110 valence electrons. The van der Waals surface area contributed by atoms with Gasteiger partial charge >= 0.3 is 0 Å². The third kappa shape index (κ3) is 5.01. The van der Waals surface area contributed by atoms with Crippen molar-refractivity contribution in [3.05, 3.63) is 35.4 Å². The topological polar surface area (TPSA) is 84.2 Å². The molecule has 1 rings (SSSR count). The molecule has 0 aliphatic carbocycles. The highest BCUT2D eigenvalue weighted by Gasteiger charge is 2.14. The van der Waals surface area contributed by atoms with Gasteiger partial charge in [-0.1, -0.05) is 26.0 Å². The molecule has 0 unspecified atom stereocenters. The smallest absolute Gasteiger partial charge is 0.251 e. The monoisotopic (exact) mass is 277 g/mol. The third-order valence-corrected chi connectivity index (χ3v) is 2.95. The average molecular weight is 277 g/mol. The Bertz CT molecular complexity index is 472. The number of hydrogen-bond donors (Lipinski definition) is 3. The van der Waals surface area contributed by atoms with E-state index in [1.165, 1.54) is 0 Å². The minimum Gasteiger partial charge on any atom is -0.355 e. The van der Waals surface area contributed by atoms with E-state index in [2.05, 4.69) is 10.6 Å². The van der Waals surface area contributed by atoms with Crippen LogP contribution in [0.15, 0.2) is 24.3 Å². The maximum absolute atomic E-state index is 11.8. The van der Waals surface area contributed by atoms with Gasteiger partial charge in [0.25, 0.3) is 5.91 Å². The lowest BCUT2D eigenvalue weighted by atomic mass is 10.0. The minimum absolute atomic E-state index is 0.144. The van der Waals surface area contributed by atoms with Crippen molar-refractivity contribution in [2.75, 3.05) is 7.05 Å². The number of nitrogens with two attached hydrogens (primary N) is 1. The molecule has 0 heterocycles. The Kier molecular flexibility index (Phi) is 6.18. The normalized spacial score (nSPS) is 12.1. The van der Waals surface area contributed by atoms with Crippen molar-refractivity contribution in [3.8, 4) is 0 Å². The maximum atomic E-state index is 11.8. The molecule has 0 radical (unpaired) electrons. The van der Waals surface area contributed by atoms with Crippen LogP contribution in [0.1, 0.15) is 36.2 Å². The SMILES string of the molecule is CNC(=O)c1cccc(CNC(=O)[C@@H](N)CC(C)C)c1. The quantitative estimate of drug-likeness (QED) is 0.726. The number of benzene rings is 1. The van der Waals surface area contributed by atoms with E-state index >= 15 is 0 Å². The van der Waals surface area contributed by atoms with Crippen molar-refractivity contribution in [2.24, 2.45) is 11.7 Å². The Hall–Kier alpha value is -1.88. The molecule has 1 atom stereocenters. The Labute approximate surface area is 119 Å². The van der Waals surface area contributed by atoms with Gasteiger partial charge in [-0.2, -0.15) is 0 Å². The molecule has 0 fully saturated rings. The lowest BCUT2D eigenvalue weighted by molar-refractivity contribution is -0.122. The molecular formula is C15H23N3O2. The largest absolute Gasteiger partial charge is 0.355 e. The molecule has 0 bridgehead atoms. The molecule has 0 aromatic heterocycles. The van der Waals surface area contributed by atoms with Gasteiger partial charge in [0.1, 0.15) is 0 Å². The van der Waals surface area contributed by atoms with Crippen LogP contribution in [0.3, 0.4) is 0 Å². The summed E-state index contributed by atoms with van der Waals surface area (Å²) >= 11 is 0. The summed E-state index contributed by atoms with van der Waals surface area (Å²) in [6.07, 6.45) is 0.657. The second kappa shape index (κ2) is 7.65. The van der Waals surface area contributed by atoms with Gasteiger partial charge in [0.15, 0.2) is 0 Å². The van der Waals surface area contributed by atoms with Crippen LogP contribution in [-0.4, -0.2) is 24.9 Å². The summed E-state index contributed by atoms with van der Waals surface area (Å²) < 4.78 is 0. The Morgan fingerprint density at radius 2 is 2.00 bits per heavy atom. The van der Waals surface area contributed by atoms with E-state index < -0.39 is 6.04 Å². The zero-order valence-electron chi connectivity index (χ0n) is 12.3. The molecule has 2 amide bonds. The lowest BCUT2D eigenvalue weighted by Crippen LogP contribution is -2.41. The van der Waals surface area contributed by atoms with E-state index in [0.29, 0.717) is 24.4 Å². The molecule has 4 N–H and O–H groups in total. The fourth-order valence-electron chi connectivity index (χ4n) is 1.90. The van der Waals surface area contributed by atoms with Crippen molar-refractivity contribution in [2.45, 2.75) is 32.9 Å². The molecule has 20 heavy (non-hydrogen) atoms. The summed E-state index contributed by atoms with van der Waals surface area (Å²) in [4.78, 5) is 23.3. The van der Waals surface area contributed by atoms with Crippen LogP contribution in [0.4, 0.5) is 0 Å². The predicted octanol–water partition coefficient (Wildman–Crippen LogP) is 1.04. The maximum Gasteiger partial charge on any atom is 0.251 e. The first-order valence-corrected chi connectivity index (χ1v) is 6.78. The van der Waals surface area contributed by atoms with Crippen LogP contribution >= 0.6 is 0 Å². The van der Waals surface area contributed by atoms with E-state index in [1.807, 2.05) is 19.9 Å². The number of hydrogen-bond acceptors (Lipinski definition) is 3. The van der Waals surface area contributed by atoms with Crippen LogP contribution in [0.2, 0.25) is 0 Å². The van der Waals surface area contributed by atoms with E-state index in [1.54, 1.807) is 25.2 Å². The summed E-state index contributed by atoms with van der Waals surface area (Å²) in [6.45, 7) is 4.43. The van der Waals surface area contributed by atoms with Crippen LogP contribution in [-0.2, 0) is 11.3 Å². The zero-order chi connectivity index (χ0) is 15.1. The van der Waals surface area contributed by atoms with Crippen LogP contribution in [0.5, 0.6) is 0 Å². The highest BCUT2D eigenvalue weighted by Crippen LogP contribution is 2.06. The molecule has 0 saturated carbocycles. The summed E-state index contributed by atoms with van der Waals surface area (Å²) in [5, 5.41) is 5.36. The number of rotatable bonds is 6. The Morgan fingerprint density at radius 1 is 1.30 bits per heavy atom. The van der Waals surface area contributed by atoms with Gasteiger partial charge in [-0.25, -0.2) is 0 Å². The summed E-state index contributed by atoms with van der Waals surface area (Å²) in [6, 6.07) is 6.65.